The number of allylic oxidation sites excluding steroid dienone is 2. The van der Waals surface area contributed by atoms with Crippen molar-refractivity contribution in [1.29, 1.82) is 0 Å². The molecule has 2 nitrogen and oxygen atoms in total. The molecule has 0 bridgehead atoms. The van der Waals surface area contributed by atoms with Crippen LogP contribution in [0.3, 0.4) is 0 Å². The minimum atomic E-state index is 0.0114. The molecule has 0 saturated carbocycles. The zero-order valence-electron chi connectivity index (χ0n) is 12.5. The Bertz CT molecular complexity index is 258. The van der Waals surface area contributed by atoms with Crippen LogP contribution in [0.2, 0.25) is 0 Å². The summed E-state index contributed by atoms with van der Waals surface area (Å²) in [4.78, 5) is 11.8. The van der Waals surface area contributed by atoms with Gasteiger partial charge in [0.1, 0.15) is 6.10 Å². The Morgan fingerprint density at radius 2 is 1.74 bits per heavy atom. The second kappa shape index (κ2) is 11.1. The third-order valence-corrected chi connectivity index (χ3v) is 3.72. The largest absolute Gasteiger partial charge is 0.462 e. The molecule has 0 radical (unpaired) electrons. The number of cyclic esters (lactones) is 1. The molecule has 1 heterocycles. The molecule has 1 unspecified atom stereocenters. The number of carbonyl (C=O) groups excluding carboxylic acids is 1. The molecule has 0 aliphatic carbocycles. The van der Waals surface area contributed by atoms with Gasteiger partial charge in [-0.05, 0) is 51.4 Å². The maximum absolute atomic E-state index is 11.8. The van der Waals surface area contributed by atoms with Crippen molar-refractivity contribution < 1.29 is 9.53 Å². The van der Waals surface area contributed by atoms with E-state index in [4.69, 9.17) is 4.74 Å². The first-order valence-corrected chi connectivity index (χ1v) is 8.17. The van der Waals surface area contributed by atoms with Crippen molar-refractivity contribution in [2.45, 2.75) is 90.1 Å². The smallest absolute Gasteiger partial charge is 0.306 e. The highest BCUT2D eigenvalue weighted by molar-refractivity contribution is 5.69. The molecule has 0 N–H and O–H groups in total. The van der Waals surface area contributed by atoms with E-state index in [1.807, 2.05) is 0 Å². The second-order valence-electron chi connectivity index (χ2n) is 5.61. The fourth-order valence-electron chi connectivity index (χ4n) is 2.58. The lowest BCUT2D eigenvalue weighted by molar-refractivity contribution is -0.150. The molecule has 0 aromatic heterocycles. The average Bonchev–Trinajstić information content (AvgIpc) is 2.40. The zero-order valence-corrected chi connectivity index (χ0v) is 12.5. The maximum Gasteiger partial charge on any atom is 0.306 e. The van der Waals surface area contributed by atoms with Gasteiger partial charge in [-0.25, -0.2) is 0 Å². The predicted octanol–water partition coefficient (Wildman–Crippen LogP) is 5.17. The SMILES string of the molecule is CCCC1CCCCCC/C=C\CCCCC(=O)O1. The van der Waals surface area contributed by atoms with E-state index < -0.39 is 0 Å². The van der Waals surface area contributed by atoms with Crippen LogP contribution in [0.5, 0.6) is 0 Å². The number of hydrogen-bond donors (Lipinski definition) is 0. The number of rotatable bonds is 2. The molecular weight excluding hydrogens is 236 g/mol. The van der Waals surface area contributed by atoms with E-state index in [0.29, 0.717) is 6.42 Å². The quantitative estimate of drug-likeness (QED) is 0.509. The Kier molecular flexibility index (Phi) is 9.48. The summed E-state index contributed by atoms with van der Waals surface area (Å²) >= 11 is 0. The van der Waals surface area contributed by atoms with Crippen molar-refractivity contribution >= 4 is 5.97 Å². The van der Waals surface area contributed by atoms with E-state index >= 15 is 0 Å². The maximum atomic E-state index is 11.8. The van der Waals surface area contributed by atoms with E-state index in [9.17, 15) is 4.79 Å². The summed E-state index contributed by atoms with van der Waals surface area (Å²) < 4.78 is 5.61. The summed E-state index contributed by atoms with van der Waals surface area (Å²) in [6.07, 6.45) is 18.0. The van der Waals surface area contributed by atoms with Crippen LogP contribution in [-0.4, -0.2) is 12.1 Å². The van der Waals surface area contributed by atoms with Gasteiger partial charge in [-0.15, -0.1) is 0 Å². The van der Waals surface area contributed by atoms with Gasteiger partial charge in [0.2, 0.25) is 0 Å². The standard InChI is InChI=1S/C17H30O2/c1-2-13-16-14-11-9-7-5-3-4-6-8-10-12-15-17(18)19-16/h4,6,16H,2-3,5,7-15H2,1H3/b6-4-. The predicted molar refractivity (Wildman–Crippen MR) is 80.1 cm³/mol. The van der Waals surface area contributed by atoms with Crippen molar-refractivity contribution in [2.75, 3.05) is 0 Å². The highest BCUT2D eigenvalue weighted by Crippen LogP contribution is 2.16. The topological polar surface area (TPSA) is 26.3 Å². The molecule has 19 heavy (non-hydrogen) atoms. The van der Waals surface area contributed by atoms with Crippen molar-refractivity contribution in [1.82, 2.24) is 0 Å². The summed E-state index contributed by atoms with van der Waals surface area (Å²) in [5.74, 6) is 0.0114. The Hall–Kier alpha value is -0.790. The summed E-state index contributed by atoms with van der Waals surface area (Å²) in [5, 5.41) is 0. The molecule has 1 rings (SSSR count). The molecule has 110 valence electrons. The molecule has 0 fully saturated rings. The molecule has 0 saturated heterocycles. The van der Waals surface area contributed by atoms with Crippen molar-refractivity contribution in [3.8, 4) is 0 Å². The first-order valence-electron chi connectivity index (χ1n) is 8.17. The summed E-state index contributed by atoms with van der Waals surface area (Å²) in [6.45, 7) is 2.16. The van der Waals surface area contributed by atoms with Crippen molar-refractivity contribution in [3.63, 3.8) is 0 Å². The summed E-state index contributed by atoms with van der Waals surface area (Å²) in [5.41, 5.74) is 0. The Morgan fingerprint density at radius 1 is 1.05 bits per heavy atom. The van der Waals surface area contributed by atoms with E-state index in [1.54, 1.807) is 0 Å². The molecule has 1 aliphatic heterocycles. The number of esters is 1. The fraction of sp³-hybridized carbons (Fsp3) is 0.824. The monoisotopic (exact) mass is 266 g/mol. The van der Waals surface area contributed by atoms with E-state index in [1.165, 1.54) is 32.1 Å². The molecule has 0 aromatic rings. The summed E-state index contributed by atoms with van der Waals surface area (Å²) in [6, 6.07) is 0. The molecular formula is C17H30O2. The normalized spacial score (nSPS) is 25.9. The van der Waals surface area contributed by atoms with Gasteiger partial charge in [0.15, 0.2) is 0 Å². The Balaban J connectivity index is 2.38. The van der Waals surface area contributed by atoms with E-state index in [0.717, 1.165) is 38.5 Å². The van der Waals surface area contributed by atoms with Crippen molar-refractivity contribution in [3.05, 3.63) is 12.2 Å². The van der Waals surface area contributed by atoms with Crippen LogP contribution in [0.4, 0.5) is 0 Å². The van der Waals surface area contributed by atoms with Crippen LogP contribution < -0.4 is 0 Å². The lowest BCUT2D eigenvalue weighted by Crippen LogP contribution is -2.18. The van der Waals surface area contributed by atoms with Gasteiger partial charge in [0, 0.05) is 6.42 Å². The Labute approximate surface area is 118 Å². The van der Waals surface area contributed by atoms with Gasteiger partial charge in [0.25, 0.3) is 0 Å². The minimum absolute atomic E-state index is 0.0114. The van der Waals surface area contributed by atoms with Gasteiger partial charge < -0.3 is 4.74 Å². The lowest BCUT2D eigenvalue weighted by Gasteiger charge is -2.17. The summed E-state index contributed by atoms with van der Waals surface area (Å²) in [7, 11) is 0. The molecule has 1 atom stereocenters. The molecule has 0 aromatic carbocycles. The molecule has 0 amide bonds. The lowest BCUT2D eigenvalue weighted by atomic mass is 10.0. The highest BCUT2D eigenvalue weighted by Gasteiger charge is 2.13. The first kappa shape index (κ1) is 16.3. The fourth-order valence-corrected chi connectivity index (χ4v) is 2.58. The van der Waals surface area contributed by atoms with Crippen LogP contribution >= 0.6 is 0 Å². The van der Waals surface area contributed by atoms with Crippen molar-refractivity contribution in [2.24, 2.45) is 0 Å². The number of ether oxygens (including phenoxy) is 1. The number of hydrogen-bond acceptors (Lipinski definition) is 2. The van der Waals surface area contributed by atoms with Crippen LogP contribution in [-0.2, 0) is 9.53 Å². The minimum Gasteiger partial charge on any atom is -0.462 e. The van der Waals surface area contributed by atoms with E-state index in [2.05, 4.69) is 19.1 Å². The van der Waals surface area contributed by atoms with E-state index in [-0.39, 0.29) is 12.1 Å². The van der Waals surface area contributed by atoms with Gasteiger partial charge in [-0.3, -0.25) is 4.79 Å². The van der Waals surface area contributed by atoms with Crippen LogP contribution in [0.25, 0.3) is 0 Å². The van der Waals surface area contributed by atoms with Gasteiger partial charge in [-0.1, -0.05) is 38.3 Å². The van der Waals surface area contributed by atoms with Gasteiger partial charge in [-0.2, -0.15) is 0 Å². The molecule has 2 heteroatoms. The van der Waals surface area contributed by atoms with Crippen LogP contribution in [0, 0.1) is 0 Å². The third-order valence-electron chi connectivity index (χ3n) is 3.72. The van der Waals surface area contributed by atoms with Crippen LogP contribution in [0.1, 0.15) is 84.0 Å². The first-order chi connectivity index (χ1) is 9.33. The Morgan fingerprint density at radius 3 is 2.47 bits per heavy atom. The number of carbonyl (C=O) groups is 1. The van der Waals surface area contributed by atoms with Gasteiger partial charge >= 0.3 is 5.97 Å². The molecule has 1 aliphatic rings. The third kappa shape index (κ3) is 8.85. The van der Waals surface area contributed by atoms with Gasteiger partial charge in [0.05, 0.1) is 0 Å². The zero-order chi connectivity index (χ0) is 13.8. The average molecular weight is 266 g/mol. The van der Waals surface area contributed by atoms with Crippen LogP contribution in [0.15, 0.2) is 12.2 Å². The second-order valence-corrected chi connectivity index (χ2v) is 5.61. The molecule has 0 spiro atoms. The highest BCUT2D eigenvalue weighted by atomic mass is 16.5.